The second-order valence-corrected chi connectivity index (χ2v) is 4.92. The molecule has 112 valence electrons. The Morgan fingerprint density at radius 1 is 1.43 bits per heavy atom. The summed E-state index contributed by atoms with van der Waals surface area (Å²) in [6.45, 7) is 3.79. The monoisotopic (exact) mass is 294 g/mol. The lowest BCUT2D eigenvalue weighted by Crippen LogP contribution is -2.27. The molecule has 1 atom stereocenters. The Kier molecular flexibility index (Phi) is 4.01. The number of fused-ring (bicyclic) bond motifs is 1. The van der Waals surface area contributed by atoms with Gasteiger partial charge in [-0.05, 0) is 22.3 Å². The summed E-state index contributed by atoms with van der Waals surface area (Å²) in [5, 5.41) is 30.1. The van der Waals surface area contributed by atoms with Crippen molar-refractivity contribution < 1.29 is 19.5 Å². The maximum Gasteiger partial charge on any atom is 0.308 e. The maximum absolute atomic E-state index is 11.1. The van der Waals surface area contributed by atoms with Gasteiger partial charge < -0.3 is 10.4 Å². The summed E-state index contributed by atoms with van der Waals surface area (Å²) in [7, 11) is 0. The molecule has 2 N–H and O–H groups in total. The lowest BCUT2D eigenvalue weighted by Gasteiger charge is -2.17. The number of aromatic nitrogens is 2. The van der Waals surface area contributed by atoms with Crippen molar-refractivity contribution in [3.63, 3.8) is 0 Å². The summed E-state index contributed by atoms with van der Waals surface area (Å²) in [6, 6.07) is 2.74. The molecule has 0 fully saturated rings. The van der Waals surface area contributed by atoms with Gasteiger partial charge in [-0.15, -0.1) is 0 Å². The molecule has 0 radical (unpaired) electrons. The molecular weight excluding hydrogens is 280 g/mol. The van der Waals surface area contributed by atoms with Crippen LogP contribution < -0.4 is 5.32 Å². The SMILES string of the molecule is CC(C)C(CNc1ccc([N+](=O)[O-])c2nonc12)C(=O)O. The van der Waals surface area contributed by atoms with E-state index in [1.165, 1.54) is 12.1 Å². The fourth-order valence-electron chi connectivity index (χ4n) is 1.97. The van der Waals surface area contributed by atoms with Crippen LogP contribution >= 0.6 is 0 Å². The van der Waals surface area contributed by atoms with Gasteiger partial charge in [0.05, 0.1) is 16.5 Å². The van der Waals surface area contributed by atoms with Gasteiger partial charge in [0.1, 0.15) is 0 Å². The van der Waals surface area contributed by atoms with E-state index in [4.69, 9.17) is 5.11 Å². The van der Waals surface area contributed by atoms with Gasteiger partial charge in [0.25, 0.3) is 0 Å². The smallest absolute Gasteiger partial charge is 0.308 e. The van der Waals surface area contributed by atoms with Crippen molar-refractivity contribution >= 4 is 28.4 Å². The van der Waals surface area contributed by atoms with Crippen LogP contribution in [0.25, 0.3) is 11.0 Å². The fraction of sp³-hybridized carbons (Fsp3) is 0.417. The first-order valence-electron chi connectivity index (χ1n) is 6.28. The number of hydrogen-bond donors (Lipinski definition) is 2. The third-order valence-electron chi connectivity index (χ3n) is 3.23. The highest BCUT2D eigenvalue weighted by molar-refractivity contribution is 5.93. The zero-order chi connectivity index (χ0) is 15.6. The number of carboxylic acid groups (broad SMARTS) is 1. The molecule has 0 spiro atoms. The molecule has 9 heteroatoms. The minimum Gasteiger partial charge on any atom is -0.481 e. The first-order valence-corrected chi connectivity index (χ1v) is 6.28. The number of nitrogens with one attached hydrogen (secondary N) is 1. The van der Waals surface area contributed by atoms with Crippen LogP contribution in [0.5, 0.6) is 0 Å². The van der Waals surface area contributed by atoms with Gasteiger partial charge in [-0.1, -0.05) is 13.8 Å². The molecule has 0 amide bonds. The summed E-state index contributed by atoms with van der Waals surface area (Å²) in [5.41, 5.74) is 0.470. The summed E-state index contributed by atoms with van der Waals surface area (Å²) in [5.74, 6) is -1.55. The van der Waals surface area contributed by atoms with Crippen molar-refractivity contribution in [2.24, 2.45) is 11.8 Å². The third-order valence-corrected chi connectivity index (χ3v) is 3.23. The van der Waals surface area contributed by atoms with Crippen molar-refractivity contribution in [1.29, 1.82) is 0 Å². The van der Waals surface area contributed by atoms with Crippen LogP contribution in [0.3, 0.4) is 0 Å². The number of benzene rings is 1. The van der Waals surface area contributed by atoms with Crippen molar-refractivity contribution in [2.45, 2.75) is 13.8 Å². The molecule has 21 heavy (non-hydrogen) atoms. The average molecular weight is 294 g/mol. The van der Waals surface area contributed by atoms with Crippen molar-refractivity contribution in [1.82, 2.24) is 10.3 Å². The second kappa shape index (κ2) is 5.73. The predicted octanol–water partition coefficient (Wildman–Crippen LogP) is 1.90. The van der Waals surface area contributed by atoms with Crippen LogP contribution in [-0.4, -0.2) is 32.9 Å². The van der Waals surface area contributed by atoms with Crippen molar-refractivity contribution in [2.75, 3.05) is 11.9 Å². The minimum absolute atomic E-state index is 0.0291. The number of hydrogen-bond acceptors (Lipinski definition) is 7. The Morgan fingerprint density at radius 2 is 2.10 bits per heavy atom. The average Bonchev–Trinajstić information content (AvgIpc) is 2.86. The molecule has 2 rings (SSSR count). The number of aliphatic carboxylic acids is 1. The standard InChI is InChI=1S/C12H14N4O5/c1-6(2)7(12(17)18)5-13-8-3-4-9(16(19)20)11-10(8)14-21-15-11/h3-4,6-7,13H,5H2,1-2H3,(H,17,18). The minimum atomic E-state index is -0.908. The largest absolute Gasteiger partial charge is 0.481 e. The van der Waals surface area contributed by atoms with Gasteiger partial charge in [0.2, 0.25) is 5.52 Å². The van der Waals surface area contributed by atoms with Crippen LogP contribution in [0.2, 0.25) is 0 Å². The Balaban J connectivity index is 2.28. The molecule has 1 heterocycles. The number of nitro groups is 1. The molecule has 1 aromatic heterocycles. The number of carbonyl (C=O) groups is 1. The van der Waals surface area contributed by atoms with E-state index in [0.717, 1.165) is 0 Å². The van der Waals surface area contributed by atoms with Gasteiger partial charge in [0, 0.05) is 12.6 Å². The molecule has 2 aromatic rings. The van der Waals surface area contributed by atoms with E-state index in [1.54, 1.807) is 0 Å². The van der Waals surface area contributed by atoms with E-state index in [1.807, 2.05) is 13.8 Å². The highest BCUT2D eigenvalue weighted by Crippen LogP contribution is 2.29. The molecule has 0 saturated carbocycles. The molecule has 0 aliphatic heterocycles. The fourth-order valence-corrected chi connectivity index (χ4v) is 1.97. The lowest BCUT2D eigenvalue weighted by molar-refractivity contribution is -0.383. The lowest BCUT2D eigenvalue weighted by atomic mass is 9.96. The molecule has 0 bridgehead atoms. The van der Waals surface area contributed by atoms with Gasteiger partial charge in [-0.3, -0.25) is 14.9 Å². The molecule has 1 aromatic carbocycles. The number of non-ortho nitro benzene ring substituents is 1. The summed E-state index contributed by atoms with van der Waals surface area (Å²) in [6.07, 6.45) is 0. The Labute approximate surface area is 119 Å². The van der Waals surface area contributed by atoms with Gasteiger partial charge in [-0.25, -0.2) is 4.63 Å². The van der Waals surface area contributed by atoms with E-state index in [0.29, 0.717) is 5.69 Å². The molecule has 1 unspecified atom stereocenters. The first kappa shape index (κ1) is 14.7. The zero-order valence-corrected chi connectivity index (χ0v) is 11.4. The Morgan fingerprint density at radius 3 is 2.67 bits per heavy atom. The molecule has 9 nitrogen and oxygen atoms in total. The normalized spacial score (nSPS) is 12.5. The third kappa shape index (κ3) is 2.91. The Bertz CT molecular complexity index is 681. The number of anilines is 1. The summed E-state index contributed by atoms with van der Waals surface area (Å²) in [4.78, 5) is 21.4. The number of nitrogens with zero attached hydrogens (tertiary/aromatic N) is 3. The van der Waals surface area contributed by atoms with E-state index < -0.39 is 16.8 Å². The van der Waals surface area contributed by atoms with Crippen LogP contribution in [0.15, 0.2) is 16.8 Å². The summed E-state index contributed by atoms with van der Waals surface area (Å²) < 4.78 is 4.54. The van der Waals surface area contributed by atoms with E-state index in [9.17, 15) is 14.9 Å². The Hall–Kier alpha value is -2.71. The number of nitro benzene ring substituents is 1. The van der Waals surface area contributed by atoms with Gasteiger partial charge in [-0.2, -0.15) is 0 Å². The van der Waals surface area contributed by atoms with Crippen LogP contribution in [0.1, 0.15) is 13.8 Å². The summed E-state index contributed by atoms with van der Waals surface area (Å²) >= 11 is 0. The topological polar surface area (TPSA) is 131 Å². The highest BCUT2D eigenvalue weighted by atomic mass is 16.6. The molecule has 0 aliphatic rings. The van der Waals surface area contributed by atoms with Crippen molar-refractivity contribution in [3.05, 3.63) is 22.2 Å². The van der Waals surface area contributed by atoms with Gasteiger partial charge >= 0.3 is 11.7 Å². The van der Waals surface area contributed by atoms with Crippen LogP contribution in [0.4, 0.5) is 11.4 Å². The predicted molar refractivity (Wildman–Crippen MR) is 72.9 cm³/mol. The van der Waals surface area contributed by atoms with E-state index in [-0.39, 0.29) is 29.2 Å². The second-order valence-electron chi connectivity index (χ2n) is 4.92. The number of carboxylic acids is 1. The zero-order valence-electron chi connectivity index (χ0n) is 11.4. The quantitative estimate of drug-likeness (QED) is 0.609. The van der Waals surface area contributed by atoms with Crippen molar-refractivity contribution in [3.8, 4) is 0 Å². The van der Waals surface area contributed by atoms with Crippen LogP contribution in [-0.2, 0) is 4.79 Å². The van der Waals surface area contributed by atoms with Crippen LogP contribution in [0, 0.1) is 22.0 Å². The maximum atomic E-state index is 11.1. The number of rotatable bonds is 6. The highest BCUT2D eigenvalue weighted by Gasteiger charge is 2.23. The molecular formula is C12H14N4O5. The molecule has 0 saturated heterocycles. The van der Waals surface area contributed by atoms with Gasteiger partial charge in [0.15, 0.2) is 5.52 Å². The van der Waals surface area contributed by atoms with E-state index >= 15 is 0 Å². The first-order chi connectivity index (χ1) is 9.91. The van der Waals surface area contributed by atoms with E-state index in [2.05, 4.69) is 20.3 Å². The molecule has 0 aliphatic carbocycles.